The summed E-state index contributed by atoms with van der Waals surface area (Å²) in [6, 6.07) is 9.04. The Morgan fingerprint density at radius 3 is 2.54 bits per heavy atom. The van der Waals surface area contributed by atoms with Crippen LogP contribution in [0.25, 0.3) is 16.7 Å². The Bertz CT molecular complexity index is 1030. The SMILES string of the molecule is C=C(c1ccsc1)c1c(-c2ccccc2S(=O)(=O)N(C)C)c[nH]c1NC. The normalized spacial score (nSPS) is 11.7. The molecule has 0 spiro atoms. The number of rotatable bonds is 6. The van der Waals surface area contributed by atoms with Gasteiger partial charge in [-0.3, -0.25) is 0 Å². The summed E-state index contributed by atoms with van der Waals surface area (Å²) in [5, 5.41) is 7.16. The molecular weight excluding hydrogens is 366 g/mol. The van der Waals surface area contributed by atoms with Crippen LogP contribution in [0.3, 0.4) is 0 Å². The first kappa shape index (κ1) is 18.4. The second-order valence-corrected chi connectivity index (χ2v) is 8.88. The molecule has 0 saturated heterocycles. The molecule has 2 N–H and O–H groups in total. The molecule has 0 aliphatic carbocycles. The summed E-state index contributed by atoms with van der Waals surface area (Å²) in [6.07, 6.45) is 1.82. The molecule has 0 fully saturated rings. The zero-order valence-electron chi connectivity index (χ0n) is 14.9. The van der Waals surface area contributed by atoms with Crippen LogP contribution in [0.2, 0.25) is 0 Å². The Morgan fingerprint density at radius 2 is 1.92 bits per heavy atom. The van der Waals surface area contributed by atoms with E-state index in [1.165, 1.54) is 18.4 Å². The fraction of sp³-hybridized carbons (Fsp3) is 0.158. The van der Waals surface area contributed by atoms with E-state index in [1.807, 2.05) is 42.2 Å². The Labute approximate surface area is 158 Å². The molecule has 2 heterocycles. The molecule has 0 saturated carbocycles. The van der Waals surface area contributed by atoms with Crippen molar-refractivity contribution in [3.63, 3.8) is 0 Å². The molecule has 0 aliphatic rings. The van der Waals surface area contributed by atoms with E-state index in [9.17, 15) is 8.42 Å². The summed E-state index contributed by atoms with van der Waals surface area (Å²) in [4.78, 5) is 3.47. The lowest BCUT2D eigenvalue weighted by Gasteiger charge is -2.16. The van der Waals surface area contributed by atoms with Crippen molar-refractivity contribution in [2.24, 2.45) is 0 Å². The molecular formula is C19H21N3O2S2. The highest BCUT2D eigenvalue weighted by Gasteiger charge is 2.25. The lowest BCUT2D eigenvalue weighted by molar-refractivity contribution is 0.521. The molecule has 2 aromatic heterocycles. The van der Waals surface area contributed by atoms with E-state index in [0.29, 0.717) is 5.56 Å². The summed E-state index contributed by atoms with van der Waals surface area (Å²) < 4.78 is 26.8. The first-order chi connectivity index (χ1) is 12.4. The third-order valence-electron chi connectivity index (χ3n) is 4.24. The average Bonchev–Trinajstić information content (AvgIpc) is 3.30. The van der Waals surface area contributed by atoms with E-state index in [-0.39, 0.29) is 4.90 Å². The van der Waals surface area contributed by atoms with Gasteiger partial charge in [-0.25, -0.2) is 12.7 Å². The summed E-state index contributed by atoms with van der Waals surface area (Å²) in [5.41, 5.74) is 4.16. The summed E-state index contributed by atoms with van der Waals surface area (Å²) in [6.45, 7) is 4.25. The standard InChI is InChI=1S/C19H21N3O2S2/c1-13(14-9-10-25-12-14)18-16(11-21-19(18)20-2)15-7-5-6-8-17(15)26(23,24)22(3)4/h5-12,20-21H,1H2,2-4H3. The van der Waals surface area contributed by atoms with Gasteiger partial charge in [0.25, 0.3) is 0 Å². The van der Waals surface area contributed by atoms with Gasteiger partial charge in [0.2, 0.25) is 10.0 Å². The largest absolute Gasteiger partial charge is 0.374 e. The number of hydrogen-bond acceptors (Lipinski definition) is 4. The highest BCUT2D eigenvalue weighted by Crippen LogP contribution is 2.40. The minimum absolute atomic E-state index is 0.269. The molecule has 3 rings (SSSR count). The van der Waals surface area contributed by atoms with Gasteiger partial charge in [-0.1, -0.05) is 24.8 Å². The number of nitrogens with zero attached hydrogens (tertiary/aromatic N) is 1. The van der Waals surface area contributed by atoms with E-state index >= 15 is 0 Å². The van der Waals surface area contributed by atoms with Gasteiger partial charge in [0.15, 0.2) is 0 Å². The van der Waals surface area contributed by atoms with Crippen LogP contribution in [-0.2, 0) is 10.0 Å². The van der Waals surface area contributed by atoms with Crippen molar-refractivity contribution in [2.45, 2.75) is 4.90 Å². The van der Waals surface area contributed by atoms with Crippen LogP contribution in [0.15, 0.2) is 58.8 Å². The first-order valence-electron chi connectivity index (χ1n) is 8.00. The van der Waals surface area contributed by atoms with Gasteiger partial charge in [0, 0.05) is 44.0 Å². The fourth-order valence-electron chi connectivity index (χ4n) is 2.84. The number of H-pyrrole nitrogens is 1. The number of sulfonamides is 1. The second-order valence-electron chi connectivity index (χ2n) is 5.98. The van der Waals surface area contributed by atoms with Crippen molar-refractivity contribution in [3.05, 3.63) is 65.0 Å². The van der Waals surface area contributed by atoms with Gasteiger partial charge in [-0.2, -0.15) is 11.3 Å². The van der Waals surface area contributed by atoms with Crippen molar-refractivity contribution in [1.82, 2.24) is 9.29 Å². The van der Waals surface area contributed by atoms with Gasteiger partial charge in [0.1, 0.15) is 5.82 Å². The van der Waals surface area contributed by atoms with Gasteiger partial charge in [0.05, 0.1) is 4.90 Å². The van der Waals surface area contributed by atoms with Gasteiger partial charge in [-0.05, 0) is 34.0 Å². The van der Waals surface area contributed by atoms with E-state index in [2.05, 4.69) is 16.9 Å². The van der Waals surface area contributed by atoms with Crippen LogP contribution in [0.4, 0.5) is 5.82 Å². The molecule has 3 aromatic rings. The number of thiophene rings is 1. The van der Waals surface area contributed by atoms with Crippen LogP contribution in [0.5, 0.6) is 0 Å². The number of aromatic amines is 1. The number of hydrogen-bond donors (Lipinski definition) is 2. The predicted octanol–water partition coefficient (Wildman–Crippen LogP) is 4.10. The molecule has 0 unspecified atom stereocenters. The van der Waals surface area contributed by atoms with E-state index in [1.54, 1.807) is 23.5 Å². The van der Waals surface area contributed by atoms with Crippen molar-refractivity contribution >= 4 is 32.8 Å². The Hall–Kier alpha value is -2.35. The molecule has 0 aliphatic heterocycles. The molecule has 26 heavy (non-hydrogen) atoms. The predicted molar refractivity (Wildman–Crippen MR) is 109 cm³/mol. The fourth-order valence-corrected chi connectivity index (χ4v) is 4.61. The summed E-state index contributed by atoms with van der Waals surface area (Å²) >= 11 is 1.60. The quantitative estimate of drug-likeness (QED) is 0.669. The van der Waals surface area contributed by atoms with Crippen molar-refractivity contribution in [3.8, 4) is 11.1 Å². The monoisotopic (exact) mass is 387 g/mol. The Balaban J connectivity index is 2.25. The summed E-state index contributed by atoms with van der Waals surface area (Å²) in [5.74, 6) is 0.799. The topological polar surface area (TPSA) is 65.2 Å². The van der Waals surface area contributed by atoms with Crippen LogP contribution in [0.1, 0.15) is 11.1 Å². The maximum atomic E-state index is 12.8. The number of aromatic nitrogens is 1. The molecule has 0 atom stereocenters. The lowest BCUT2D eigenvalue weighted by Crippen LogP contribution is -2.22. The molecule has 0 amide bonds. The van der Waals surface area contributed by atoms with Gasteiger partial charge in [-0.15, -0.1) is 0 Å². The van der Waals surface area contributed by atoms with E-state index in [0.717, 1.165) is 28.1 Å². The van der Waals surface area contributed by atoms with E-state index in [4.69, 9.17) is 0 Å². The molecule has 7 heteroatoms. The van der Waals surface area contributed by atoms with Gasteiger partial charge >= 0.3 is 0 Å². The smallest absolute Gasteiger partial charge is 0.243 e. The average molecular weight is 388 g/mol. The maximum Gasteiger partial charge on any atom is 0.243 e. The molecule has 0 radical (unpaired) electrons. The second kappa shape index (κ2) is 7.11. The maximum absolute atomic E-state index is 12.8. The highest BCUT2D eigenvalue weighted by molar-refractivity contribution is 7.89. The third-order valence-corrected chi connectivity index (χ3v) is 6.79. The zero-order valence-corrected chi connectivity index (χ0v) is 16.5. The van der Waals surface area contributed by atoms with Crippen molar-refractivity contribution in [1.29, 1.82) is 0 Å². The minimum atomic E-state index is -3.58. The van der Waals surface area contributed by atoms with Crippen LogP contribution < -0.4 is 5.32 Å². The number of anilines is 1. The van der Waals surface area contributed by atoms with Crippen molar-refractivity contribution in [2.75, 3.05) is 26.5 Å². The minimum Gasteiger partial charge on any atom is -0.374 e. The first-order valence-corrected chi connectivity index (χ1v) is 10.4. The molecule has 0 bridgehead atoms. The van der Waals surface area contributed by atoms with Crippen LogP contribution in [-0.4, -0.2) is 38.9 Å². The van der Waals surface area contributed by atoms with Crippen LogP contribution >= 0.6 is 11.3 Å². The summed E-state index contributed by atoms with van der Waals surface area (Å²) in [7, 11) is 1.31. The molecule has 1 aromatic carbocycles. The van der Waals surface area contributed by atoms with E-state index < -0.39 is 10.0 Å². The lowest BCUT2D eigenvalue weighted by atomic mass is 9.96. The number of nitrogens with one attached hydrogen (secondary N) is 2. The highest BCUT2D eigenvalue weighted by atomic mass is 32.2. The van der Waals surface area contributed by atoms with Crippen LogP contribution in [0, 0.1) is 0 Å². The van der Waals surface area contributed by atoms with Crippen molar-refractivity contribution < 1.29 is 8.42 Å². The Kier molecular flexibility index (Phi) is 5.04. The number of benzene rings is 1. The third kappa shape index (κ3) is 3.09. The molecule has 136 valence electrons. The molecule has 5 nitrogen and oxygen atoms in total. The zero-order chi connectivity index (χ0) is 18.9. The van der Waals surface area contributed by atoms with Gasteiger partial charge < -0.3 is 10.3 Å². The Morgan fingerprint density at radius 1 is 1.19 bits per heavy atom.